The van der Waals surface area contributed by atoms with Crippen LogP contribution in [0.2, 0.25) is 5.02 Å². The Morgan fingerprint density at radius 3 is 2.60 bits per heavy atom. The Labute approximate surface area is 125 Å². The molecule has 0 bridgehead atoms. The third-order valence-corrected chi connectivity index (χ3v) is 3.10. The van der Waals surface area contributed by atoms with Crippen molar-refractivity contribution in [1.29, 1.82) is 0 Å². The zero-order valence-corrected chi connectivity index (χ0v) is 12.9. The fourth-order valence-corrected chi connectivity index (χ4v) is 1.89. The Morgan fingerprint density at radius 2 is 2.05 bits per heavy atom. The van der Waals surface area contributed by atoms with Crippen molar-refractivity contribution in [3.63, 3.8) is 0 Å². The van der Waals surface area contributed by atoms with Gasteiger partial charge in [0.25, 0.3) is 0 Å². The standard InChI is InChI=1S/C15H21ClN2O2/c1-11(2)7-8-18(12(3)19)10-15(20)17-14-6-4-5-13(16)9-14/h4-6,9,11H,7-8,10H2,1-3H3,(H,17,20). The molecule has 20 heavy (non-hydrogen) atoms. The summed E-state index contributed by atoms with van der Waals surface area (Å²) >= 11 is 5.85. The minimum atomic E-state index is -0.216. The van der Waals surface area contributed by atoms with Crippen molar-refractivity contribution in [3.05, 3.63) is 29.3 Å². The number of carbonyl (C=O) groups excluding carboxylic acids is 2. The van der Waals surface area contributed by atoms with Crippen molar-refractivity contribution in [2.45, 2.75) is 27.2 Å². The summed E-state index contributed by atoms with van der Waals surface area (Å²) in [4.78, 5) is 25.0. The predicted octanol–water partition coefficient (Wildman–Crippen LogP) is 3.17. The summed E-state index contributed by atoms with van der Waals surface area (Å²) in [7, 11) is 0. The lowest BCUT2D eigenvalue weighted by molar-refractivity contribution is -0.132. The fraction of sp³-hybridized carbons (Fsp3) is 0.467. The second kappa shape index (κ2) is 7.90. The summed E-state index contributed by atoms with van der Waals surface area (Å²) in [5, 5.41) is 3.30. The third kappa shape index (κ3) is 6.06. The lowest BCUT2D eigenvalue weighted by Crippen LogP contribution is -2.37. The van der Waals surface area contributed by atoms with Crippen molar-refractivity contribution >= 4 is 29.1 Å². The van der Waals surface area contributed by atoms with Crippen LogP contribution < -0.4 is 5.32 Å². The number of hydrogen-bond acceptors (Lipinski definition) is 2. The Bertz CT molecular complexity index is 475. The lowest BCUT2D eigenvalue weighted by atomic mass is 10.1. The Balaban J connectivity index is 2.55. The van der Waals surface area contributed by atoms with Crippen LogP contribution in [0.3, 0.4) is 0 Å². The van der Waals surface area contributed by atoms with Crippen LogP contribution in [0.15, 0.2) is 24.3 Å². The molecule has 0 fully saturated rings. The summed E-state index contributed by atoms with van der Waals surface area (Å²) < 4.78 is 0. The number of benzene rings is 1. The van der Waals surface area contributed by atoms with E-state index in [2.05, 4.69) is 19.2 Å². The monoisotopic (exact) mass is 296 g/mol. The molecule has 0 aromatic heterocycles. The molecule has 5 heteroatoms. The molecule has 0 saturated heterocycles. The second-order valence-corrected chi connectivity index (χ2v) is 5.62. The summed E-state index contributed by atoms with van der Waals surface area (Å²) in [6.07, 6.45) is 0.879. The van der Waals surface area contributed by atoms with E-state index >= 15 is 0 Å². The van der Waals surface area contributed by atoms with Gasteiger partial charge in [-0.15, -0.1) is 0 Å². The molecule has 1 aromatic carbocycles. The van der Waals surface area contributed by atoms with Gasteiger partial charge < -0.3 is 10.2 Å². The topological polar surface area (TPSA) is 49.4 Å². The number of nitrogens with one attached hydrogen (secondary N) is 1. The molecule has 2 amide bonds. The van der Waals surface area contributed by atoms with Crippen LogP contribution in [-0.2, 0) is 9.59 Å². The molecule has 0 saturated carbocycles. The van der Waals surface area contributed by atoms with Crippen molar-refractivity contribution in [2.75, 3.05) is 18.4 Å². The van der Waals surface area contributed by atoms with E-state index < -0.39 is 0 Å². The second-order valence-electron chi connectivity index (χ2n) is 5.18. The maximum absolute atomic E-state index is 11.9. The molecule has 0 unspecified atom stereocenters. The van der Waals surface area contributed by atoms with Gasteiger partial charge >= 0.3 is 0 Å². The number of rotatable bonds is 6. The molecule has 0 aliphatic heterocycles. The van der Waals surface area contributed by atoms with Gasteiger partial charge in [0.2, 0.25) is 11.8 Å². The van der Waals surface area contributed by atoms with Gasteiger partial charge in [-0.1, -0.05) is 31.5 Å². The first-order valence-corrected chi connectivity index (χ1v) is 7.07. The highest BCUT2D eigenvalue weighted by Crippen LogP contribution is 2.14. The largest absolute Gasteiger partial charge is 0.334 e. The lowest BCUT2D eigenvalue weighted by Gasteiger charge is -2.21. The van der Waals surface area contributed by atoms with Gasteiger partial charge in [0.15, 0.2) is 0 Å². The van der Waals surface area contributed by atoms with Crippen molar-refractivity contribution in [3.8, 4) is 0 Å². The molecule has 1 rings (SSSR count). The smallest absolute Gasteiger partial charge is 0.243 e. The number of carbonyl (C=O) groups is 2. The van der Waals surface area contributed by atoms with Crippen LogP contribution in [0.5, 0.6) is 0 Å². The average Bonchev–Trinajstić information content (AvgIpc) is 2.33. The van der Waals surface area contributed by atoms with Crippen molar-refractivity contribution in [2.24, 2.45) is 5.92 Å². The molecular formula is C15H21ClN2O2. The number of halogens is 1. The molecule has 1 aromatic rings. The van der Waals surface area contributed by atoms with Gasteiger partial charge in [-0.3, -0.25) is 9.59 Å². The van der Waals surface area contributed by atoms with Crippen molar-refractivity contribution < 1.29 is 9.59 Å². The van der Waals surface area contributed by atoms with Gasteiger partial charge in [0.1, 0.15) is 0 Å². The molecule has 0 aliphatic carbocycles. The number of anilines is 1. The third-order valence-electron chi connectivity index (χ3n) is 2.86. The van der Waals surface area contributed by atoms with E-state index in [1.54, 1.807) is 29.2 Å². The van der Waals surface area contributed by atoms with Crippen molar-refractivity contribution in [1.82, 2.24) is 4.90 Å². The fourth-order valence-electron chi connectivity index (χ4n) is 1.70. The number of nitrogens with zero attached hydrogens (tertiary/aromatic N) is 1. The molecule has 4 nitrogen and oxygen atoms in total. The highest BCUT2D eigenvalue weighted by molar-refractivity contribution is 6.30. The van der Waals surface area contributed by atoms with E-state index in [4.69, 9.17) is 11.6 Å². The summed E-state index contributed by atoms with van der Waals surface area (Å²) in [5.41, 5.74) is 0.634. The summed E-state index contributed by atoms with van der Waals surface area (Å²) in [6, 6.07) is 6.93. The first-order valence-electron chi connectivity index (χ1n) is 6.69. The number of amides is 2. The average molecular weight is 297 g/mol. The van der Waals surface area contributed by atoms with E-state index in [1.807, 2.05) is 0 Å². The van der Waals surface area contributed by atoms with E-state index in [1.165, 1.54) is 6.92 Å². The SMILES string of the molecule is CC(=O)N(CCC(C)C)CC(=O)Nc1cccc(Cl)c1. The highest BCUT2D eigenvalue weighted by atomic mass is 35.5. The minimum Gasteiger partial charge on any atom is -0.334 e. The molecule has 110 valence electrons. The van der Waals surface area contributed by atoms with Crippen LogP contribution in [-0.4, -0.2) is 29.8 Å². The first-order chi connectivity index (χ1) is 9.38. The Kier molecular flexibility index (Phi) is 6.52. The zero-order chi connectivity index (χ0) is 15.1. The minimum absolute atomic E-state index is 0.0641. The summed E-state index contributed by atoms with van der Waals surface area (Å²) in [6.45, 7) is 6.31. The van der Waals surface area contributed by atoms with Gasteiger partial charge in [-0.2, -0.15) is 0 Å². The van der Waals surface area contributed by atoms with Gasteiger partial charge in [0, 0.05) is 24.2 Å². The first kappa shape index (κ1) is 16.5. The van der Waals surface area contributed by atoms with Crippen LogP contribution in [0.25, 0.3) is 0 Å². The van der Waals surface area contributed by atoms with E-state index in [-0.39, 0.29) is 18.4 Å². The van der Waals surface area contributed by atoms with Crippen LogP contribution in [0.4, 0.5) is 5.69 Å². The maximum atomic E-state index is 11.9. The normalized spacial score (nSPS) is 10.4. The van der Waals surface area contributed by atoms with Crippen LogP contribution >= 0.6 is 11.6 Å². The molecule has 0 radical (unpaired) electrons. The van der Waals surface area contributed by atoms with Gasteiger partial charge in [-0.25, -0.2) is 0 Å². The van der Waals surface area contributed by atoms with E-state index in [0.717, 1.165) is 6.42 Å². The Hall–Kier alpha value is -1.55. The molecular weight excluding hydrogens is 276 g/mol. The van der Waals surface area contributed by atoms with Gasteiger partial charge in [0.05, 0.1) is 6.54 Å². The molecule has 0 aliphatic rings. The summed E-state index contributed by atoms with van der Waals surface area (Å²) in [5.74, 6) is 0.186. The zero-order valence-electron chi connectivity index (χ0n) is 12.1. The van der Waals surface area contributed by atoms with Crippen LogP contribution in [0.1, 0.15) is 27.2 Å². The van der Waals surface area contributed by atoms with Crippen LogP contribution in [0, 0.1) is 5.92 Å². The highest BCUT2D eigenvalue weighted by Gasteiger charge is 2.14. The molecule has 0 spiro atoms. The van der Waals surface area contributed by atoms with E-state index in [9.17, 15) is 9.59 Å². The number of hydrogen-bond donors (Lipinski definition) is 1. The maximum Gasteiger partial charge on any atom is 0.243 e. The Morgan fingerprint density at radius 1 is 1.35 bits per heavy atom. The molecule has 1 N–H and O–H groups in total. The molecule has 0 heterocycles. The van der Waals surface area contributed by atoms with Gasteiger partial charge in [-0.05, 0) is 30.5 Å². The predicted molar refractivity (Wildman–Crippen MR) is 81.8 cm³/mol. The molecule has 0 atom stereocenters. The quantitative estimate of drug-likeness (QED) is 0.876. The van der Waals surface area contributed by atoms with E-state index in [0.29, 0.717) is 23.2 Å².